The van der Waals surface area contributed by atoms with E-state index in [1.807, 2.05) is 29.2 Å². The van der Waals surface area contributed by atoms with Crippen LogP contribution in [0.3, 0.4) is 0 Å². The molecule has 3 rings (SSSR count). The number of amides is 2. The predicted octanol–water partition coefficient (Wildman–Crippen LogP) is 2.67. The number of aromatic nitrogens is 2. The summed E-state index contributed by atoms with van der Waals surface area (Å²) in [7, 11) is 0. The number of benzene rings is 1. The summed E-state index contributed by atoms with van der Waals surface area (Å²) in [4.78, 5) is 18.0. The van der Waals surface area contributed by atoms with Gasteiger partial charge in [-0.3, -0.25) is 0 Å². The molecule has 1 N–H and O–H groups in total. The van der Waals surface area contributed by atoms with Crippen molar-refractivity contribution in [1.82, 2.24) is 15.0 Å². The highest BCUT2D eigenvalue weighted by atomic mass is 16.5. The number of hydrogen-bond acceptors (Lipinski definition) is 4. The van der Waals surface area contributed by atoms with Gasteiger partial charge in [-0.1, -0.05) is 17.3 Å². The van der Waals surface area contributed by atoms with Crippen molar-refractivity contribution in [3.05, 3.63) is 30.2 Å². The summed E-state index contributed by atoms with van der Waals surface area (Å²) in [6.07, 6.45) is 2.16. The summed E-state index contributed by atoms with van der Waals surface area (Å²) in [5, 5.41) is 6.78. The molecule has 1 aliphatic heterocycles. The van der Waals surface area contributed by atoms with E-state index in [2.05, 4.69) is 15.5 Å². The largest absolute Gasteiger partial charge is 0.339 e. The molecule has 1 aromatic heterocycles. The standard InChI is InChI=1S/C14H16N4O2/c1-10-15-13(17-20-10)11-5-4-6-12(9-11)16-14(19)18-7-2-3-8-18/h4-6,9H,2-3,7-8H2,1H3,(H,16,19). The highest BCUT2D eigenvalue weighted by molar-refractivity contribution is 5.90. The number of carbonyl (C=O) groups excluding carboxylic acids is 1. The minimum absolute atomic E-state index is 0.0519. The normalized spacial score (nSPS) is 14.6. The monoisotopic (exact) mass is 272 g/mol. The Labute approximate surface area is 116 Å². The molecule has 2 aromatic rings. The zero-order valence-electron chi connectivity index (χ0n) is 11.3. The molecule has 0 aliphatic carbocycles. The van der Waals surface area contributed by atoms with Crippen molar-refractivity contribution in [2.24, 2.45) is 0 Å². The number of hydrogen-bond donors (Lipinski definition) is 1. The smallest absolute Gasteiger partial charge is 0.321 e. The summed E-state index contributed by atoms with van der Waals surface area (Å²) >= 11 is 0. The van der Waals surface area contributed by atoms with Gasteiger partial charge >= 0.3 is 6.03 Å². The number of urea groups is 1. The molecule has 20 heavy (non-hydrogen) atoms. The van der Waals surface area contributed by atoms with Crippen LogP contribution in [0, 0.1) is 6.92 Å². The Balaban J connectivity index is 1.75. The Hall–Kier alpha value is -2.37. The SMILES string of the molecule is Cc1nc(-c2cccc(NC(=O)N3CCCC3)c2)no1. The van der Waals surface area contributed by atoms with E-state index in [-0.39, 0.29) is 6.03 Å². The van der Waals surface area contributed by atoms with Gasteiger partial charge in [0.2, 0.25) is 11.7 Å². The van der Waals surface area contributed by atoms with E-state index in [0.717, 1.165) is 37.2 Å². The van der Waals surface area contributed by atoms with Crippen LogP contribution in [-0.4, -0.2) is 34.2 Å². The molecule has 2 amide bonds. The van der Waals surface area contributed by atoms with Crippen LogP contribution in [0.4, 0.5) is 10.5 Å². The summed E-state index contributed by atoms with van der Waals surface area (Å²) < 4.78 is 4.96. The van der Waals surface area contributed by atoms with E-state index in [9.17, 15) is 4.79 Å². The molecule has 1 aromatic carbocycles. The third kappa shape index (κ3) is 2.64. The Kier molecular flexibility index (Phi) is 3.37. The van der Waals surface area contributed by atoms with Crippen molar-refractivity contribution < 1.29 is 9.32 Å². The quantitative estimate of drug-likeness (QED) is 0.912. The highest BCUT2D eigenvalue weighted by Gasteiger charge is 2.18. The van der Waals surface area contributed by atoms with Crippen molar-refractivity contribution in [3.8, 4) is 11.4 Å². The second kappa shape index (κ2) is 5.32. The fourth-order valence-electron chi connectivity index (χ4n) is 2.28. The molecular formula is C14H16N4O2. The molecule has 1 aliphatic rings. The van der Waals surface area contributed by atoms with E-state index in [1.54, 1.807) is 6.92 Å². The van der Waals surface area contributed by atoms with Crippen molar-refractivity contribution in [1.29, 1.82) is 0 Å². The average molecular weight is 272 g/mol. The highest BCUT2D eigenvalue weighted by Crippen LogP contribution is 2.20. The van der Waals surface area contributed by atoms with Crippen molar-refractivity contribution in [2.75, 3.05) is 18.4 Å². The van der Waals surface area contributed by atoms with Gasteiger partial charge in [0.25, 0.3) is 0 Å². The first-order chi connectivity index (χ1) is 9.72. The summed E-state index contributed by atoms with van der Waals surface area (Å²) in [6, 6.07) is 7.39. The Morgan fingerprint density at radius 1 is 1.35 bits per heavy atom. The molecule has 6 heteroatoms. The van der Waals surface area contributed by atoms with Crippen LogP contribution in [0.1, 0.15) is 18.7 Å². The lowest BCUT2D eigenvalue weighted by Gasteiger charge is -2.16. The van der Waals surface area contributed by atoms with Gasteiger partial charge in [0.05, 0.1) is 0 Å². The first kappa shape index (κ1) is 12.7. The minimum Gasteiger partial charge on any atom is -0.339 e. The Morgan fingerprint density at radius 3 is 2.85 bits per heavy atom. The molecule has 0 saturated carbocycles. The molecule has 1 saturated heterocycles. The van der Waals surface area contributed by atoms with Gasteiger partial charge in [0.1, 0.15) is 0 Å². The van der Waals surface area contributed by atoms with Gasteiger partial charge in [0.15, 0.2) is 0 Å². The first-order valence-corrected chi connectivity index (χ1v) is 6.69. The van der Waals surface area contributed by atoms with Gasteiger partial charge in [0, 0.05) is 31.3 Å². The maximum absolute atomic E-state index is 12.0. The van der Waals surface area contributed by atoms with E-state index in [1.165, 1.54) is 0 Å². The van der Waals surface area contributed by atoms with Gasteiger partial charge in [-0.2, -0.15) is 4.98 Å². The number of carbonyl (C=O) groups is 1. The zero-order valence-corrected chi connectivity index (χ0v) is 11.3. The molecule has 0 unspecified atom stereocenters. The van der Waals surface area contributed by atoms with Crippen LogP contribution in [-0.2, 0) is 0 Å². The topological polar surface area (TPSA) is 71.3 Å². The third-order valence-electron chi connectivity index (χ3n) is 3.29. The summed E-state index contributed by atoms with van der Waals surface area (Å²) in [6.45, 7) is 3.40. The van der Waals surface area contributed by atoms with E-state index >= 15 is 0 Å². The fraction of sp³-hybridized carbons (Fsp3) is 0.357. The maximum Gasteiger partial charge on any atom is 0.321 e. The maximum atomic E-state index is 12.0. The number of likely N-dealkylation sites (tertiary alicyclic amines) is 1. The van der Waals surface area contributed by atoms with Crippen molar-refractivity contribution >= 4 is 11.7 Å². The molecule has 0 atom stereocenters. The lowest BCUT2D eigenvalue weighted by Crippen LogP contribution is -2.32. The van der Waals surface area contributed by atoms with Gasteiger partial charge < -0.3 is 14.7 Å². The number of aryl methyl sites for hydroxylation is 1. The molecule has 0 spiro atoms. The third-order valence-corrected chi connectivity index (χ3v) is 3.29. The molecular weight excluding hydrogens is 256 g/mol. The van der Waals surface area contributed by atoms with Gasteiger partial charge in [-0.25, -0.2) is 4.79 Å². The number of rotatable bonds is 2. The minimum atomic E-state index is -0.0519. The van der Waals surface area contributed by atoms with Crippen LogP contribution in [0.15, 0.2) is 28.8 Å². The molecule has 1 fully saturated rings. The van der Waals surface area contributed by atoms with Crippen LogP contribution >= 0.6 is 0 Å². The second-order valence-corrected chi connectivity index (χ2v) is 4.84. The first-order valence-electron chi connectivity index (χ1n) is 6.69. The zero-order chi connectivity index (χ0) is 13.9. The van der Waals surface area contributed by atoms with Gasteiger partial charge in [-0.05, 0) is 25.0 Å². The van der Waals surface area contributed by atoms with E-state index in [4.69, 9.17) is 4.52 Å². The Morgan fingerprint density at radius 2 is 2.15 bits per heavy atom. The van der Waals surface area contributed by atoms with E-state index < -0.39 is 0 Å². The summed E-state index contributed by atoms with van der Waals surface area (Å²) in [5.41, 5.74) is 1.56. The molecule has 104 valence electrons. The average Bonchev–Trinajstić information content (AvgIpc) is 3.10. The predicted molar refractivity (Wildman–Crippen MR) is 74.3 cm³/mol. The Bertz CT molecular complexity index is 617. The number of anilines is 1. The van der Waals surface area contributed by atoms with Crippen LogP contribution in [0.2, 0.25) is 0 Å². The lowest BCUT2D eigenvalue weighted by molar-refractivity contribution is 0.222. The number of nitrogens with one attached hydrogen (secondary N) is 1. The van der Waals surface area contributed by atoms with Crippen molar-refractivity contribution in [3.63, 3.8) is 0 Å². The summed E-state index contributed by atoms with van der Waals surface area (Å²) in [5.74, 6) is 1.05. The lowest BCUT2D eigenvalue weighted by atomic mass is 10.2. The molecule has 0 radical (unpaired) electrons. The molecule has 0 bridgehead atoms. The van der Waals surface area contributed by atoms with Crippen LogP contribution in [0.5, 0.6) is 0 Å². The second-order valence-electron chi connectivity index (χ2n) is 4.84. The van der Waals surface area contributed by atoms with E-state index in [0.29, 0.717) is 11.7 Å². The van der Waals surface area contributed by atoms with Crippen LogP contribution in [0.25, 0.3) is 11.4 Å². The molecule has 6 nitrogen and oxygen atoms in total. The van der Waals surface area contributed by atoms with Crippen molar-refractivity contribution in [2.45, 2.75) is 19.8 Å². The molecule has 2 heterocycles. The fourth-order valence-corrected chi connectivity index (χ4v) is 2.28. The van der Waals surface area contributed by atoms with Crippen LogP contribution < -0.4 is 5.32 Å². The number of nitrogens with zero attached hydrogens (tertiary/aromatic N) is 3. The van der Waals surface area contributed by atoms with Gasteiger partial charge in [-0.15, -0.1) is 0 Å².